The summed E-state index contributed by atoms with van der Waals surface area (Å²) in [5.41, 5.74) is 0.631. The van der Waals surface area contributed by atoms with E-state index in [0.717, 1.165) is 17.2 Å². The smallest absolute Gasteiger partial charge is 0.489 e. The fourth-order valence-corrected chi connectivity index (χ4v) is 2.47. The van der Waals surface area contributed by atoms with Gasteiger partial charge in [-0.2, -0.15) is 0 Å². The highest BCUT2D eigenvalue weighted by atomic mass is 19.4. The van der Waals surface area contributed by atoms with Crippen LogP contribution < -0.4 is 9.47 Å². The second kappa shape index (κ2) is 8.98. The average molecular weight is 410 g/mol. The predicted molar refractivity (Wildman–Crippen MR) is 98.8 cm³/mol. The number of rotatable bonds is 7. The summed E-state index contributed by atoms with van der Waals surface area (Å²) in [6, 6.07) is 10.5. The van der Waals surface area contributed by atoms with Crippen LogP contribution in [0, 0.1) is 0 Å². The summed E-state index contributed by atoms with van der Waals surface area (Å²) in [7, 11) is 0. The maximum atomic E-state index is 12.3. The Morgan fingerprint density at radius 3 is 2.34 bits per heavy atom. The van der Waals surface area contributed by atoms with Crippen molar-refractivity contribution in [3.8, 4) is 11.5 Å². The van der Waals surface area contributed by atoms with Crippen molar-refractivity contribution in [3.63, 3.8) is 0 Å². The lowest BCUT2D eigenvalue weighted by molar-refractivity contribution is -0.274. The molecule has 0 radical (unpaired) electrons. The van der Waals surface area contributed by atoms with Gasteiger partial charge in [0.15, 0.2) is 6.29 Å². The molecule has 0 fully saturated rings. The molecular formula is C21H21F3O5. The van der Waals surface area contributed by atoms with Crippen molar-refractivity contribution < 1.29 is 37.0 Å². The Balaban J connectivity index is 2.03. The molecule has 0 spiro atoms. The van der Waals surface area contributed by atoms with Gasteiger partial charge in [-0.25, -0.2) is 0 Å². The van der Waals surface area contributed by atoms with Crippen molar-refractivity contribution in [2.45, 2.75) is 45.8 Å². The Hall–Kier alpha value is -3.03. The van der Waals surface area contributed by atoms with Crippen LogP contribution in [0.5, 0.6) is 11.5 Å². The zero-order chi connectivity index (χ0) is 21.7. The summed E-state index contributed by atoms with van der Waals surface area (Å²) in [5.74, 6) is -0.746. The molecular weight excluding hydrogens is 389 g/mol. The van der Waals surface area contributed by atoms with Crippen molar-refractivity contribution >= 4 is 12.3 Å². The highest BCUT2D eigenvalue weighted by Gasteiger charge is 2.32. The van der Waals surface area contributed by atoms with Gasteiger partial charge in [-0.1, -0.05) is 24.3 Å². The first-order valence-corrected chi connectivity index (χ1v) is 8.72. The van der Waals surface area contributed by atoms with E-state index in [1.54, 1.807) is 45.0 Å². The van der Waals surface area contributed by atoms with Gasteiger partial charge in [0, 0.05) is 0 Å². The largest absolute Gasteiger partial charge is 0.573 e. The Kier molecular flexibility index (Phi) is 6.89. The molecule has 0 atom stereocenters. The van der Waals surface area contributed by atoms with Crippen LogP contribution in [0.4, 0.5) is 13.2 Å². The molecule has 0 aromatic heterocycles. The van der Waals surface area contributed by atoms with Gasteiger partial charge < -0.3 is 14.2 Å². The number of esters is 1. The first-order valence-electron chi connectivity index (χ1n) is 8.72. The molecule has 0 saturated carbocycles. The van der Waals surface area contributed by atoms with Crippen LogP contribution >= 0.6 is 0 Å². The second-order valence-electron chi connectivity index (χ2n) is 7.24. The molecule has 0 saturated heterocycles. The monoisotopic (exact) mass is 410 g/mol. The van der Waals surface area contributed by atoms with E-state index in [0.29, 0.717) is 0 Å². The van der Waals surface area contributed by atoms with Crippen LogP contribution in [0.25, 0.3) is 0 Å². The number of carbonyl (C=O) groups is 2. The van der Waals surface area contributed by atoms with Crippen molar-refractivity contribution in [2.24, 2.45) is 0 Å². The quantitative estimate of drug-likeness (QED) is 0.482. The Bertz CT molecular complexity index is 869. The fourth-order valence-electron chi connectivity index (χ4n) is 2.47. The summed E-state index contributed by atoms with van der Waals surface area (Å²) in [4.78, 5) is 23.0. The van der Waals surface area contributed by atoms with E-state index in [2.05, 4.69) is 4.74 Å². The summed E-state index contributed by atoms with van der Waals surface area (Å²) in [5, 5.41) is 0. The highest BCUT2D eigenvalue weighted by Crippen LogP contribution is 2.28. The predicted octanol–water partition coefficient (Wildman–Crippen LogP) is 4.86. The summed E-state index contributed by atoms with van der Waals surface area (Å²) in [6.45, 7) is 5.45. The number of hydrogen-bond donors (Lipinski definition) is 0. The SMILES string of the molecule is CC(C)(C)OC(=O)Cc1cccc(COc2ccc(OC(F)(F)F)c(C=O)c2)c1. The number of carbonyl (C=O) groups excluding carboxylic acids is 2. The lowest BCUT2D eigenvalue weighted by Crippen LogP contribution is -2.24. The zero-order valence-corrected chi connectivity index (χ0v) is 16.2. The van der Waals surface area contributed by atoms with Gasteiger partial charge in [0.2, 0.25) is 0 Å². The van der Waals surface area contributed by atoms with E-state index < -0.39 is 17.7 Å². The van der Waals surface area contributed by atoms with Crippen molar-refractivity contribution in [3.05, 3.63) is 59.2 Å². The molecule has 2 rings (SSSR count). The topological polar surface area (TPSA) is 61.8 Å². The van der Waals surface area contributed by atoms with Crippen LogP contribution in [0.3, 0.4) is 0 Å². The third-order valence-electron chi connectivity index (χ3n) is 3.50. The van der Waals surface area contributed by atoms with Crippen LogP contribution in [0.1, 0.15) is 42.3 Å². The molecule has 0 bridgehead atoms. The number of halogens is 3. The van der Waals surface area contributed by atoms with Gasteiger partial charge in [0.1, 0.15) is 23.7 Å². The number of benzene rings is 2. The average Bonchev–Trinajstić information content (AvgIpc) is 2.58. The van der Waals surface area contributed by atoms with Crippen LogP contribution in [0.15, 0.2) is 42.5 Å². The van der Waals surface area contributed by atoms with E-state index in [1.807, 2.05) is 0 Å². The third-order valence-corrected chi connectivity index (χ3v) is 3.50. The molecule has 0 N–H and O–H groups in total. The molecule has 29 heavy (non-hydrogen) atoms. The Morgan fingerprint density at radius 1 is 1.03 bits per heavy atom. The molecule has 0 aliphatic heterocycles. The zero-order valence-electron chi connectivity index (χ0n) is 16.2. The second-order valence-corrected chi connectivity index (χ2v) is 7.24. The van der Waals surface area contributed by atoms with Crippen molar-refractivity contribution in [1.82, 2.24) is 0 Å². The minimum Gasteiger partial charge on any atom is -0.489 e. The van der Waals surface area contributed by atoms with Gasteiger partial charge >= 0.3 is 12.3 Å². The molecule has 0 unspecified atom stereocenters. The molecule has 8 heteroatoms. The van der Waals surface area contributed by atoms with Crippen LogP contribution in [0.2, 0.25) is 0 Å². The van der Waals surface area contributed by atoms with E-state index in [9.17, 15) is 22.8 Å². The van der Waals surface area contributed by atoms with E-state index in [4.69, 9.17) is 9.47 Å². The first kappa shape index (κ1) is 22.3. The normalized spacial score (nSPS) is 11.7. The lowest BCUT2D eigenvalue weighted by Gasteiger charge is -2.19. The van der Waals surface area contributed by atoms with Crippen molar-refractivity contribution in [1.29, 1.82) is 0 Å². The molecule has 0 heterocycles. The number of aldehydes is 1. The Labute approximate surface area is 166 Å². The van der Waals surface area contributed by atoms with Gasteiger partial charge in [-0.15, -0.1) is 13.2 Å². The number of hydrogen-bond acceptors (Lipinski definition) is 5. The molecule has 0 aliphatic carbocycles. The van der Waals surface area contributed by atoms with Gasteiger partial charge in [-0.3, -0.25) is 9.59 Å². The number of ether oxygens (including phenoxy) is 3. The molecule has 0 amide bonds. The van der Waals surface area contributed by atoms with Crippen LogP contribution in [-0.2, 0) is 22.6 Å². The minimum absolute atomic E-state index is 0.0972. The molecule has 156 valence electrons. The lowest BCUT2D eigenvalue weighted by atomic mass is 10.1. The molecule has 5 nitrogen and oxygen atoms in total. The van der Waals surface area contributed by atoms with Gasteiger partial charge in [0.05, 0.1) is 12.0 Å². The van der Waals surface area contributed by atoms with E-state index >= 15 is 0 Å². The molecule has 2 aromatic rings. The minimum atomic E-state index is -4.89. The third kappa shape index (κ3) is 7.85. The first-order chi connectivity index (χ1) is 13.4. The molecule has 0 aliphatic rings. The Morgan fingerprint density at radius 2 is 1.72 bits per heavy atom. The summed E-state index contributed by atoms with van der Waals surface area (Å²) in [6.07, 6.45) is -4.53. The number of alkyl halides is 3. The summed E-state index contributed by atoms with van der Waals surface area (Å²) < 4.78 is 51.7. The maximum Gasteiger partial charge on any atom is 0.573 e. The van der Waals surface area contributed by atoms with Gasteiger partial charge in [0.25, 0.3) is 0 Å². The van der Waals surface area contributed by atoms with E-state index in [1.165, 1.54) is 12.1 Å². The highest BCUT2D eigenvalue weighted by molar-refractivity contribution is 5.80. The van der Waals surface area contributed by atoms with Crippen LogP contribution in [-0.4, -0.2) is 24.2 Å². The molecule has 2 aromatic carbocycles. The fraction of sp³-hybridized carbons (Fsp3) is 0.333. The van der Waals surface area contributed by atoms with Gasteiger partial charge in [-0.05, 0) is 50.1 Å². The maximum absolute atomic E-state index is 12.3. The van der Waals surface area contributed by atoms with E-state index in [-0.39, 0.29) is 36.6 Å². The summed E-state index contributed by atoms with van der Waals surface area (Å²) >= 11 is 0. The van der Waals surface area contributed by atoms with Crippen molar-refractivity contribution in [2.75, 3.05) is 0 Å². The standard InChI is InChI=1S/C21H21F3O5/c1-20(2,3)29-19(26)10-14-5-4-6-15(9-14)13-27-17-7-8-18(16(11-17)12-25)28-21(22,23)24/h4-9,11-12H,10,13H2,1-3H3.